The van der Waals surface area contributed by atoms with E-state index < -0.39 is 5.60 Å². The molecule has 1 atom stereocenters. The topological polar surface area (TPSA) is 32.7 Å². The average Bonchev–Trinajstić information content (AvgIpc) is 2.52. The van der Waals surface area contributed by atoms with Gasteiger partial charge in [-0.2, -0.15) is 0 Å². The highest BCUT2D eigenvalue weighted by Crippen LogP contribution is 2.32. The van der Waals surface area contributed by atoms with Crippen molar-refractivity contribution in [2.45, 2.75) is 38.2 Å². The number of aliphatic hydroxyl groups is 1. The number of rotatable bonds is 7. The van der Waals surface area contributed by atoms with Crippen molar-refractivity contribution in [3.05, 3.63) is 34.9 Å². The van der Waals surface area contributed by atoms with E-state index in [1.54, 1.807) is 0 Å². The minimum absolute atomic E-state index is 0.713. The maximum atomic E-state index is 11.1. The molecule has 1 aliphatic heterocycles. The first-order valence-electron chi connectivity index (χ1n) is 7.92. The van der Waals surface area contributed by atoms with E-state index in [1.807, 2.05) is 24.3 Å². The second kappa shape index (κ2) is 8.14. The van der Waals surface area contributed by atoms with Crippen molar-refractivity contribution in [3.8, 4) is 0 Å². The molecular weight excluding hydrogens is 286 g/mol. The summed E-state index contributed by atoms with van der Waals surface area (Å²) in [7, 11) is 0. The van der Waals surface area contributed by atoms with Crippen LogP contribution >= 0.6 is 11.6 Å². The number of benzene rings is 1. The number of ether oxygens (including phenoxy) is 1. The number of hydrogen-bond acceptors (Lipinski definition) is 3. The lowest BCUT2D eigenvalue weighted by Gasteiger charge is -2.33. The highest BCUT2D eigenvalue weighted by atomic mass is 35.5. The van der Waals surface area contributed by atoms with Crippen molar-refractivity contribution in [1.29, 1.82) is 0 Å². The monoisotopic (exact) mass is 311 g/mol. The number of hydrogen-bond donors (Lipinski definition) is 1. The smallest absolute Gasteiger partial charge is 0.0908 e. The number of morpholine rings is 1. The van der Waals surface area contributed by atoms with Crippen LogP contribution in [0.4, 0.5) is 0 Å². The Labute approximate surface area is 132 Å². The Morgan fingerprint density at radius 3 is 2.48 bits per heavy atom. The molecule has 4 heteroatoms. The largest absolute Gasteiger partial charge is 0.385 e. The van der Waals surface area contributed by atoms with Crippen molar-refractivity contribution in [2.24, 2.45) is 0 Å². The van der Waals surface area contributed by atoms with Crippen LogP contribution in [0.3, 0.4) is 0 Å². The van der Waals surface area contributed by atoms with Gasteiger partial charge in [0.25, 0.3) is 0 Å². The van der Waals surface area contributed by atoms with Gasteiger partial charge in [0, 0.05) is 24.7 Å². The first-order chi connectivity index (χ1) is 10.1. The predicted octanol–water partition coefficient (Wildman–Crippen LogP) is 3.44. The fourth-order valence-corrected chi connectivity index (χ4v) is 2.94. The van der Waals surface area contributed by atoms with E-state index in [-0.39, 0.29) is 0 Å². The van der Waals surface area contributed by atoms with Crippen LogP contribution in [-0.4, -0.2) is 42.9 Å². The second-order valence-electron chi connectivity index (χ2n) is 5.85. The molecule has 0 aliphatic carbocycles. The molecule has 1 aliphatic rings. The zero-order valence-electron chi connectivity index (χ0n) is 12.9. The van der Waals surface area contributed by atoms with E-state index in [0.29, 0.717) is 5.02 Å². The van der Waals surface area contributed by atoms with Crippen LogP contribution in [0.1, 0.15) is 38.2 Å². The molecule has 21 heavy (non-hydrogen) atoms. The summed E-state index contributed by atoms with van der Waals surface area (Å²) >= 11 is 5.96. The van der Waals surface area contributed by atoms with Gasteiger partial charge in [0.2, 0.25) is 0 Å². The van der Waals surface area contributed by atoms with Gasteiger partial charge in [-0.05, 0) is 30.5 Å². The normalized spacial score (nSPS) is 19.4. The molecule has 3 nitrogen and oxygen atoms in total. The third-order valence-corrected chi connectivity index (χ3v) is 4.52. The van der Waals surface area contributed by atoms with Crippen LogP contribution in [-0.2, 0) is 10.3 Å². The van der Waals surface area contributed by atoms with Crippen molar-refractivity contribution in [2.75, 3.05) is 32.8 Å². The van der Waals surface area contributed by atoms with Gasteiger partial charge in [0.15, 0.2) is 0 Å². The Morgan fingerprint density at radius 2 is 1.86 bits per heavy atom. The summed E-state index contributed by atoms with van der Waals surface area (Å²) in [6.45, 7) is 6.59. The molecule has 0 unspecified atom stereocenters. The summed E-state index contributed by atoms with van der Waals surface area (Å²) in [6, 6.07) is 7.64. The SMILES string of the molecule is CCCC[C@](O)(CCN1CCOCC1)c1ccc(Cl)cc1. The van der Waals surface area contributed by atoms with Crippen molar-refractivity contribution in [3.63, 3.8) is 0 Å². The summed E-state index contributed by atoms with van der Waals surface area (Å²) in [5, 5.41) is 11.8. The Bertz CT molecular complexity index is 417. The van der Waals surface area contributed by atoms with Gasteiger partial charge in [-0.15, -0.1) is 0 Å². The van der Waals surface area contributed by atoms with Crippen molar-refractivity contribution < 1.29 is 9.84 Å². The van der Waals surface area contributed by atoms with E-state index >= 15 is 0 Å². The molecule has 0 bridgehead atoms. The summed E-state index contributed by atoms with van der Waals surface area (Å²) in [6.07, 6.45) is 3.68. The van der Waals surface area contributed by atoms with Gasteiger partial charge in [-0.3, -0.25) is 4.90 Å². The summed E-state index contributed by atoms with van der Waals surface area (Å²) in [5.41, 5.74) is 0.229. The summed E-state index contributed by atoms with van der Waals surface area (Å²) in [5.74, 6) is 0. The molecule has 2 rings (SSSR count). The molecular formula is C17H26ClNO2. The molecule has 118 valence electrons. The second-order valence-corrected chi connectivity index (χ2v) is 6.28. The zero-order chi connectivity index (χ0) is 15.1. The average molecular weight is 312 g/mol. The van der Waals surface area contributed by atoms with Crippen LogP contribution in [0.15, 0.2) is 24.3 Å². The molecule has 1 N–H and O–H groups in total. The van der Waals surface area contributed by atoms with E-state index in [9.17, 15) is 5.11 Å². The highest BCUT2D eigenvalue weighted by molar-refractivity contribution is 6.30. The third-order valence-electron chi connectivity index (χ3n) is 4.27. The first-order valence-corrected chi connectivity index (χ1v) is 8.30. The van der Waals surface area contributed by atoms with Crippen LogP contribution in [0.5, 0.6) is 0 Å². The maximum absolute atomic E-state index is 11.1. The Balaban J connectivity index is 2.02. The molecule has 1 aromatic rings. The van der Waals surface area contributed by atoms with Crippen molar-refractivity contribution >= 4 is 11.6 Å². The van der Waals surface area contributed by atoms with Crippen LogP contribution in [0.2, 0.25) is 5.02 Å². The molecule has 0 aromatic heterocycles. The Hall–Kier alpha value is -0.610. The minimum atomic E-state index is -0.751. The lowest BCUT2D eigenvalue weighted by atomic mass is 9.85. The van der Waals surface area contributed by atoms with Gasteiger partial charge >= 0.3 is 0 Å². The van der Waals surface area contributed by atoms with Gasteiger partial charge in [-0.25, -0.2) is 0 Å². The maximum Gasteiger partial charge on any atom is 0.0908 e. The fourth-order valence-electron chi connectivity index (χ4n) is 2.81. The Kier molecular flexibility index (Phi) is 6.49. The third kappa shape index (κ3) is 4.96. The van der Waals surface area contributed by atoms with Crippen LogP contribution in [0.25, 0.3) is 0 Å². The van der Waals surface area contributed by atoms with Crippen LogP contribution < -0.4 is 0 Å². The lowest BCUT2D eigenvalue weighted by Crippen LogP contribution is -2.40. The van der Waals surface area contributed by atoms with E-state index in [2.05, 4.69) is 11.8 Å². The predicted molar refractivity (Wildman–Crippen MR) is 86.7 cm³/mol. The van der Waals surface area contributed by atoms with Crippen molar-refractivity contribution in [1.82, 2.24) is 4.90 Å². The number of unbranched alkanes of at least 4 members (excludes halogenated alkanes) is 1. The van der Waals surface area contributed by atoms with E-state index in [0.717, 1.165) is 64.1 Å². The molecule has 1 saturated heterocycles. The number of halogens is 1. The highest BCUT2D eigenvalue weighted by Gasteiger charge is 2.29. The van der Waals surface area contributed by atoms with Crippen LogP contribution in [0, 0.1) is 0 Å². The van der Waals surface area contributed by atoms with Gasteiger partial charge < -0.3 is 9.84 Å². The van der Waals surface area contributed by atoms with E-state index in [1.165, 1.54) is 0 Å². The Morgan fingerprint density at radius 1 is 1.19 bits per heavy atom. The van der Waals surface area contributed by atoms with Gasteiger partial charge in [0.1, 0.15) is 0 Å². The zero-order valence-corrected chi connectivity index (χ0v) is 13.6. The first kappa shape index (κ1) is 16.8. The molecule has 1 heterocycles. The quantitative estimate of drug-likeness (QED) is 0.837. The molecule has 0 radical (unpaired) electrons. The van der Waals surface area contributed by atoms with Gasteiger partial charge in [0.05, 0.1) is 18.8 Å². The number of nitrogens with zero attached hydrogens (tertiary/aromatic N) is 1. The van der Waals surface area contributed by atoms with Gasteiger partial charge in [-0.1, -0.05) is 43.5 Å². The lowest BCUT2D eigenvalue weighted by molar-refractivity contribution is -0.0111. The van der Waals surface area contributed by atoms with E-state index in [4.69, 9.17) is 16.3 Å². The molecule has 1 aromatic carbocycles. The minimum Gasteiger partial charge on any atom is -0.385 e. The molecule has 1 fully saturated rings. The molecule has 0 spiro atoms. The molecule has 0 amide bonds. The molecule has 0 saturated carbocycles. The fraction of sp³-hybridized carbons (Fsp3) is 0.647. The summed E-state index contributed by atoms with van der Waals surface area (Å²) in [4.78, 5) is 2.37. The standard InChI is InChI=1S/C17H26ClNO2/c1-2-3-8-17(20,15-4-6-16(18)7-5-15)9-10-19-11-13-21-14-12-19/h4-7,20H,2-3,8-14H2,1H3/t17-/m0/s1. The summed E-state index contributed by atoms with van der Waals surface area (Å²) < 4.78 is 5.38.